The smallest absolute Gasteiger partial charge is 0.244 e. The highest BCUT2D eigenvalue weighted by Gasteiger charge is 2.28. The second kappa shape index (κ2) is 5.09. The topological polar surface area (TPSA) is 77.8 Å². The van der Waals surface area contributed by atoms with Gasteiger partial charge < -0.3 is 10.3 Å². The van der Waals surface area contributed by atoms with Crippen molar-refractivity contribution >= 4 is 0 Å². The van der Waals surface area contributed by atoms with Crippen LogP contribution in [0.4, 0.5) is 0 Å². The summed E-state index contributed by atoms with van der Waals surface area (Å²) in [5, 5.41) is 4.00. The van der Waals surface area contributed by atoms with E-state index in [-0.39, 0.29) is 11.5 Å². The Morgan fingerprint density at radius 3 is 2.74 bits per heavy atom. The van der Waals surface area contributed by atoms with Crippen molar-refractivity contribution in [2.75, 3.05) is 0 Å². The maximum absolute atomic E-state index is 6.12. The summed E-state index contributed by atoms with van der Waals surface area (Å²) >= 11 is 0. The van der Waals surface area contributed by atoms with Crippen molar-refractivity contribution in [3.05, 3.63) is 29.8 Å². The van der Waals surface area contributed by atoms with Crippen LogP contribution in [0.15, 0.2) is 22.9 Å². The van der Waals surface area contributed by atoms with E-state index in [0.717, 1.165) is 17.7 Å². The Morgan fingerprint density at radius 2 is 2.11 bits per heavy atom. The van der Waals surface area contributed by atoms with Gasteiger partial charge in [-0.2, -0.15) is 4.98 Å². The summed E-state index contributed by atoms with van der Waals surface area (Å²) < 4.78 is 5.28. The van der Waals surface area contributed by atoms with Gasteiger partial charge in [0.05, 0.1) is 6.04 Å². The molecule has 2 aromatic heterocycles. The Hall–Kier alpha value is -1.75. The summed E-state index contributed by atoms with van der Waals surface area (Å²) in [7, 11) is 0. The number of nitrogens with zero attached hydrogens (tertiary/aromatic N) is 3. The van der Waals surface area contributed by atoms with Gasteiger partial charge in [0.15, 0.2) is 0 Å². The van der Waals surface area contributed by atoms with Crippen LogP contribution in [-0.2, 0) is 6.42 Å². The summed E-state index contributed by atoms with van der Waals surface area (Å²) in [6.45, 7) is 8.20. The number of aromatic nitrogens is 3. The number of nitrogens with two attached hydrogens (primary N) is 1. The first kappa shape index (κ1) is 13.7. The Kier molecular flexibility index (Phi) is 3.66. The SMILES string of the molecule is CCc1cccnc1-c1noc([C@H](N)C(C)(C)C)n1. The molecule has 0 fully saturated rings. The van der Waals surface area contributed by atoms with Crippen LogP contribution in [-0.4, -0.2) is 15.1 Å². The number of aryl methyl sites for hydroxylation is 1. The first-order valence-corrected chi connectivity index (χ1v) is 6.47. The molecule has 0 aliphatic heterocycles. The molecule has 5 nitrogen and oxygen atoms in total. The highest BCUT2D eigenvalue weighted by atomic mass is 16.5. The molecular weight excluding hydrogens is 240 g/mol. The van der Waals surface area contributed by atoms with Gasteiger partial charge in [-0.15, -0.1) is 0 Å². The third-order valence-electron chi connectivity index (χ3n) is 3.12. The van der Waals surface area contributed by atoms with Gasteiger partial charge in [0.1, 0.15) is 5.69 Å². The summed E-state index contributed by atoms with van der Waals surface area (Å²) in [5.74, 6) is 0.961. The molecule has 0 amide bonds. The van der Waals surface area contributed by atoms with Crippen molar-refractivity contribution in [2.24, 2.45) is 11.1 Å². The van der Waals surface area contributed by atoms with Crippen LogP contribution >= 0.6 is 0 Å². The standard InChI is InChI=1S/C14H20N4O/c1-5-9-7-6-8-16-10(9)12-17-13(19-18-12)11(15)14(2,3)4/h6-8,11H,5,15H2,1-4H3/t11-/m0/s1. The molecule has 0 aromatic carbocycles. The van der Waals surface area contributed by atoms with Gasteiger partial charge in [0.25, 0.3) is 0 Å². The molecule has 0 spiro atoms. The largest absolute Gasteiger partial charge is 0.337 e. The molecule has 2 heterocycles. The highest BCUT2D eigenvalue weighted by Crippen LogP contribution is 2.30. The van der Waals surface area contributed by atoms with Crippen molar-refractivity contribution < 1.29 is 4.52 Å². The molecule has 5 heteroatoms. The van der Waals surface area contributed by atoms with Gasteiger partial charge >= 0.3 is 0 Å². The van der Waals surface area contributed by atoms with Crippen LogP contribution in [0, 0.1) is 5.41 Å². The zero-order valence-electron chi connectivity index (χ0n) is 11.8. The minimum Gasteiger partial charge on any atom is -0.337 e. The summed E-state index contributed by atoms with van der Waals surface area (Å²) in [6, 6.07) is 3.63. The van der Waals surface area contributed by atoms with Crippen molar-refractivity contribution in [3.63, 3.8) is 0 Å². The summed E-state index contributed by atoms with van der Waals surface area (Å²) in [5.41, 5.74) is 7.86. The van der Waals surface area contributed by atoms with Crippen molar-refractivity contribution in [1.82, 2.24) is 15.1 Å². The molecule has 2 N–H and O–H groups in total. The highest BCUT2D eigenvalue weighted by molar-refractivity contribution is 5.53. The van der Waals surface area contributed by atoms with Crippen LogP contribution in [0.1, 0.15) is 45.2 Å². The average Bonchev–Trinajstić information content (AvgIpc) is 2.86. The lowest BCUT2D eigenvalue weighted by Crippen LogP contribution is -2.26. The Labute approximate surface area is 113 Å². The van der Waals surface area contributed by atoms with Crippen LogP contribution in [0.5, 0.6) is 0 Å². The third kappa shape index (κ3) is 2.81. The van der Waals surface area contributed by atoms with E-state index in [4.69, 9.17) is 10.3 Å². The van der Waals surface area contributed by atoms with E-state index in [1.54, 1.807) is 6.20 Å². The molecule has 1 atom stereocenters. The monoisotopic (exact) mass is 260 g/mol. The molecule has 0 bridgehead atoms. The molecule has 0 unspecified atom stereocenters. The summed E-state index contributed by atoms with van der Waals surface area (Å²) in [4.78, 5) is 8.72. The average molecular weight is 260 g/mol. The van der Waals surface area contributed by atoms with E-state index in [9.17, 15) is 0 Å². The molecule has 102 valence electrons. The molecule has 0 aliphatic rings. The molecule has 2 aromatic rings. The quantitative estimate of drug-likeness (QED) is 0.918. The number of pyridine rings is 1. The van der Waals surface area contributed by atoms with Crippen molar-refractivity contribution in [1.29, 1.82) is 0 Å². The predicted octanol–water partition coefficient (Wildman–Crippen LogP) is 2.74. The van der Waals surface area contributed by atoms with E-state index >= 15 is 0 Å². The van der Waals surface area contributed by atoms with Gasteiger partial charge in [-0.05, 0) is 23.5 Å². The van der Waals surface area contributed by atoms with Crippen molar-refractivity contribution in [3.8, 4) is 11.5 Å². The van der Waals surface area contributed by atoms with E-state index in [1.165, 1.54) is 0 Å². The molecule has 0 saturated carbocycles. The molecule has 19 heavy (non-hydrogen) atoms. The van der Waals surface area contributed by atoms with Gasteiger partial charge in [-0.1, -0.05) is 38.9 Å². The minimum absolute atomic E-state index is 0.124. The van der Waals surface area contributed by atoms with Crippen LogP contribution in [0.25, 0.3) is 11.5 Å². The zero-order chi connectivity index (χ0) is 14.0. The number of hydrogen-bond donors (Lipinski definition) is 1. The first-order chi connectivity index (χ1) is 8.93. The lowest BCUT2D eigenvalue weighted by molar-refractivity contribution is 0.253. The fourth-order valence-corrected chi connectivity index (χ4v) is 1.75. The predicted molar refractivity (Wildman–Crippen MR) is 73.3 cm³/mol. The van der Waals surface area contributed by atoms with E-state index in [0.29, 0.717) is 11.7 Å². The molecule has 0 saturated heterocycles. The fourth-order valence-electron chi connectivity index (χ4n) is 1.75. The third-order valence-corrected chi connectivity index (χ3v) is 3.12. The molecular formula is C14H20N4O. The van der Waals surface area contributed by atoms with E-state index < -0.39 is 0 Å². The first-order valence-electron chi connectivity index (χ1n) is 6.47. The van der Waals surface area contributed by atoms with E-state index in [1.807, 2.05) is 32.9 Å². The van der Waals surface area contributed by atoms with Crippen LogP contribution in [0.2, 0.25) is 0 Å². The van der Waals surface area contributed by atoms with Gasteiger partial charge in [0, 0.05) is 6.20 Å². The molecule has 0 radical (unpaired) electrons. The number of hydrogen-bond acceptors (Lipinski definition) is 5. The Morgan fingerprint density at radius 1 is 1.37 bits per heavy atom. The van der Waals surface area contributed by atoms with E-state index in [2.05, 4.69) is 22.0 Å². The molecule has 0 aliphatic carbocycles. The molecule has 2 rings (SSSR count). The van der Waals surface area contributed by atoms with Gasteiger partial charge in [-0.25, -0.2) is 0 Å². The Bertz CT molecular complexity index is 557. The summed E-state index contributed by atoms with van der Waals surface area (Å²) in [6.07, 6.45) is 2.60. The normalized spacial score (nSPS) is 13.5. The van der Waals surface area contributed by atoms with Crippen LogP contribution < -0.4 is 5.73 Å². The lowest BCUT2D eigenvalue weighted by atomic mass is 9.87. The zero-order valence-corrected chi connectivity index (χ0v) is 11.8. The van der Waals surface area contributed by atoms with Crippen LogP contribution in [0.3, 0.4) is 0 Å². The number of rotatable bonds is 3. The minimum atomic E-state index is -0.289. The second-order valence-electron chi connectivity index (χ2n) is 5.66. The lowest BCUT2D eigenvalue weighted by Gasteiger charge is -2.23. The van der Waals surface area contributed by atoms with Gasteiger partial charge in [0.2, 0.25) is 11.7 Å². The fraction of sp³-hybridized carbons (Fsp3) is 0.500. The second-order valence-corrected chi connectivity index (χ2v) is 5.66. The maximum atomic E-state index is 6.12. The Balaban J connectivity index is 2.36. The van der Waals surface area contributed by atoms with Crippen molar-refractivity contribution in [2.45, 2.75) is 40.2 Å². The maximum Gasteiger partial charge on any atom is 0.244 e. The van der Waals surface area contributed by atoms with Gasteiger partial charge in [-0.3, -0.25) is 4.98 Å².